The molecule has 2 aromatic carbocycles. The standard InChI is InChI=1S/C15H11ClF3NO4S/c1-20(12-6-9(15(17,18)19)2-4-11(12)16)25(21,22)10-3-5-13-14(7-10)24-8-23-13/h2-7H,8H2,1H3. The zero-order chi connectivity index (χ0) is 18.4. The Morgan fingerprint density at radius 2 is 1.76 bits per heavy atom. The van der Waals surface area contributed by atoms with Gasteiger partial charge in [-0.25, -0.2) is 8.42 Å². The van der Waals surface area contributed by atoms with Gasteiger partial charge in [0, 0.05) is 13.1 Å². The van der Waals surface area contributed by atoms with Crippen LogP contribution in [0, 0.1) is 0 Å². The summed E-state index contributed by atoms with van der Waals surface area (Å²) in [5, 5.41) is -0.125. The van der Waals surface area contributed by atoms with Gasteiger partial charge in [-0.15, -0.1) is 0 Å². The molecule has 134 valence electrons. The Bertz CT molecular complexity index is 931. The summed E-state index contributed by atoms with van der Waals surface area (Å²) in [5.41, 5.74) is -1.28. The number of fused-ring (bicyclic) bond motifs is 1. The number of ether oxygens (including phenoxy) is 2. The van der Waals surface area contributed by atoms with Crippen molar-refractivity contribution >= 4 is 27.3 Å². The van der Waals surface area contributed by atoms with Gasteiger partial charge in [-0.1, -0.05) is 11.6 Å². The molecule has 1 aliphatic rings. The second-order valence-corrected chi connectivity index (χ2v) is 7.53. The molecule has 0 aromatic heterocycles. The summed E-state index contributed by atoms with van der Waals surface area (Å²) in [5.74, 6) is 0.628. The van der Waals surface area contributed by atoms with Crippen LogP contribution >= 0.6 is 11.6 Å². The van der Waals surface area contributed by atoms with Crippen molar-refractivity contribution < 1.29 is 31.1 Å². The Hall–Kier alpha value is -2.13. The van der Waals surface area contributed by atoms with E-state index in [1.165, 1.54) is 18.2 Å². The molecular formula is C15H11ClF3NO4S. The topological polar surface area (TPSA) is 55.8 Å². The van der Waals surface area contributed by atoms with Crippen molar-refractivity contribution in [3.8, 4) is 11.5 Å². The zero-order valence-electron chi connectivity index (χ0n) is 12.7. The summed E-state index contributed by atoms with van der Waals surface area (Å²) >= 11 is 5.91. The lowest BCUT2D eigenvalue weighted by molar-refractivity contribution is -0.137. The number of alkyl halides is 3. The Morgan fingerprint density at radius 1 is 1.08 bits per heavy atom. The molecule has 25 heavy (non-hydrogen) atoms. The van der Waals surface area contributed by atoms with E-state index in [-0.39, 0.29) is 28.1 Å². The average Bonchev–Trinajstić information content (AvgIpc) is 3.01. The molecular weight excluding hydrogens is 383 g/mol. The number of anilines is 1. The van der Waals surface area contributed by atoms with E-state index in [0.29, 0.717) is 16.1 Å². The molecule has 5 nitrogen and oxygen atoms in total. The van der Waals surface area contributed by atoms with Crippen molar-refractivity contribution in [2.45, 2.75) is 11.1 Å². The summed E-state index contributed by atoms with van der Waals surface area (Å²) < 4.78 is 75.1. The van der Waals surface area contributed by atoms with E-state index in [1.54, 1.807) is 0 Å². The van der Waals surface area contributed by atoms with Crippen molar-refractivity contribution in [1.29, 1.82) is 0 Å². The third kappa shape index (κ3) is 3.21. The van der Waals surface area contributed by atoms with Crippen LogP contribution in [-0.4, -0.2) is 22.3 Å². The van der Waals surface area contributed by atoms with Crippen molar-refractivity contribution in [3.63, 3.8) is 0 Å². The maximum absolute atomic E-state index is 12.9. The van der Waals surface area contributed by atoms with Crippen LogP contribution in [0.15, 0.2) is 41.3 Å². The van der Waals surface area contributed by atoms with Crippen LogP contribution in [0.5, 0.6) is 11.5 Å². The molecule has 0 saturated carbocycles. The first-order chi connectivity index (χ1) is 11.6. The number of hydrogen-bond acceptors (Lipinski definition) is 4. The summed E-state index contributed by atoms with van der Waals surface area (Å²) in [6.45, 7) is -0.0336. The van der Waals surface area contributed by atoms with Crippen molar-refractivity contribution in [2.75, 3.05) is 18.1 Å². The van der Waals surface area contributed by atoms with Crippen LogP contribution < -0.4 is 13.8 Å². The van der Waals surface area contributed by atoms with Crippen LogP contribution in [0.1, 0.15) is 5.56 Å². The van der Waals surface area contributed by atoms with Crippen LogP contribution in [0.4, 0.5) is 18.9 Å². The third-order valence-corrected chi connectivity index (χ3v) is 5.70. The summed E-state index contributed by atoms with van der Waals surface area (Å²) in [7, 11) is -3.03. The fourth-order valence-electron chi connectivity index (χ4n) is 2.26. The highest BCUT2D eigenvalue weighted by atomic mass is 35.5. The monoisotopic (exact) mass is 393 g/mol. The van der Waals surface area contributed by atoms with Gasteiger partial charge in [0.15, 0.2) is 11.5 Å². The number of halogens is 4. The van der Waals surface area contributed by atoms with Crippen LogP contribution in [0.25, 0.3) is 0 Å². The molecule has 0 saturated heterocycles. The van der Waals surface area contributed by atoms with Gasteiger partial charge in [0.2, 0.25) is 6.79 Å². The minimum atomic E-state index is -4.62. The maximum atomic E-state index is 12.9. The van der Waals surface area contributed by atoms with E-state index in [4.69, 9.17) is 21.1 Å². The Kier molecular flexibility index (Phi) is 4.24. The molecule has 0 radical (unpaired) electrons. The lowest BCUT2D eigenvalue weighted by atomic mass is 10.2. The number of hydrogen-bond donors (Lipinski definition) is 0. The van der Waals surface area contributed by atoms with E-state index in [0.717, 1.165) is 19.2 Å². The molecule has 0 amide bonds. The fraction of sp³-hybridized carbons (Fsp3) is 0.200. The predicted molar refractivity (Wildman–Crippen MR) is 84.6 cm³/mol. The van der Waals surface area contributed by atoms with Crippen molar-refractivity contribution in [2.24, 2.45) is 0 Å². The first-order valence-electron chi connectivity index (χ1n) is 6.86. The van der Waals surface area contributed by atoms with Gasteiger partial charge < -0.3 is 9.47 Å². The second kappa shape index (κ2) is 5.99. The summed E-state index contributed by atoms with van der Waals surface area (Å²) in [4.78, 5) is -0.160. The van der Waals surface area contributed by atoms with E-state index >= 15 is 0 Å². The molecule has 1 aliphatic heterocycles. The first kappa shape index (κ1) is 17.7. The quantitative estimate of drug-likeness (QED) is 0.793. The normalized spacial score (nSPS) is 13.8. The molecule has 0 bridgehead atoms. The fourth-order valence-corrected chi connectivity index (χ4v) is 3.77. The lowest BCUT2D eigenvalue weighted by Gasteiger charge is -2.22. The minimum absolute atomic E-state index is 0.0336. The number of nitrogens with zero attached hydrogens (tertiary/aromatic N) is 1. The summed E-state index contributed by atoms with van der Waals surface area (Å²) in [6.07, 6.45) is -4.62. The Balaban J connectivity index is 2.04. The van der Waals surface area contributed by atoms with Gasteiger partial charge in [0.1, 0.15) is 0 Å². The van der Waals surface area contributed by atoms with Gasteiger partial charge in [-0.3, -0.25) is 4.31 Å². The van der Waals surface area contributed by atoms with Gasteiger partial charge >= 0.3 is 6.18 Å². The van der Waals surface area contributed by atoms with Gasteiger partial charge in [-0.05, 0) is 30.3 Å². The second-order valence-electron chi connectivity index (χ2n) is 5.15. The van der Waals surface area contributed by atoms with Gasteiger partial charge in [0.25, 0.3) is 10.0 Å². The largest absolute Gasteiger partial charge is 0.454 e. The molecule has 10 heteroatoms. The van der Waals surface area contributed by atoms with Crippen LogP contribution in [0.3, 0.4) is 0 Å². The molecule has 0 fully saturated rings. The lowest BCUT2D eigenvalue weighted by Crippen LogP contribution is -2.27. The van der Waals surface area contributed by atoms with E-state index in [9.17, 15) is 21.6 Å². The molecule has 1 heterocycles. The highest BCUT2D eigenvalue weighted by molar-refractivity contribution is 7.92. The smallest absolute Gasteiger partial charge is 0.416 e. The van der Waals surface area contributed by atoms with Crippen molar-refractivity contribution in [3.05, 3.63) is 47.0 Å². The first-order valence-corrected chi connectivity index (χ1v) is 8.68. The highest BCUT2D eigenvalue weighted by Crippen LogP contribution is 2.38. The Morgan fingerprint density at radius 3 is 2.44 bits per heavy atom. The van der Waals surface area contributed by atoms with Crippen LogP contribution in [-0.2, 0) is 16.2 Å². The number of sulfonamides is 1. The SMILES string of the molecule is CN(c1cc(C(F)(F)F)ccc1Cl)S(=O)(=O)c1ccc2c(c1)OCO2. The van der Waals surface area contributed by atoms with Gasteiger partial charge in [0.05, 0.1) is 21.2 Å². The van der Waals surface area contributed by atoms with Gasteiger partial charge in [-0.2, -0.15) is 13.2 Å². The maximum Gasteiger partial charge on any atom is 0.416 e. The van der Waals surface area contributed by atoms with E-state index in [2.05, 4.69) is 0 Å². The molecule has 0 N–H and O–H groups in total. The molecule has 0 spiro atoms. The molecule has 0 aliphatic carbocycles. The molecule has 0 unspecified atom stereocenters. The van der Waals surface area contributed by atoms with E-state index < -0.39 is 21.8 Å². The highest BCUT2D eigenvalue weighted by Gasteiger charge is 2.33. The predicted octanol–water partition coefficient (Wildman–Crippen LogP) is 3.91. The molecule has 2 aromatic rings. The Labute approximate surface area is 146 Å². The third-order valence-electron chi connectivity index (χ3n) is 3.62. The summed E-state index contributed by atoms with van der Waals surface area (Å²) in [6, 6.07) is 6.42. The molecule has 0 atom stereocenters. The molecule has 3 rings (SSSR count). The van der Waals surface area contributed by atoms with Crippen molar-refractivity contribution in [1.82, 2.24) is 0 Å². The van der Waals surface area contributed by atoms with Crippen LogP contribution in [0.2, 0.25) is 5.02 Å². The van der Waals surface area contributed by atoms with E-state index in [1.807, 2.05) is 0 Å². The minimum Gasteiger partial charge on any atom is -0.454 e. The zero-order valence-corrected chi connectivity index (χ0v) is 14.2. The number of rotatable bonds is 3. The number of benzene rings is 2. The average molecular weight is 394 g/mol.